The molecule has 0 bridgehead atoms. The fraction of sp³-hybridized carbons (Fsp3) is 0.667. The van der Waals surface area contributed by atoms with Crippen LogP contribution in [0.25, 0.3) is 0 Å². The Morgan fingerprint density at radius 3 is 2.52 bits per heavy atom. The van der Waals surface area contributed by atoms with Gasteiger partial charge in [0.05, 0.1) is 19.3 Å². The molecule has 0 atom stereocenters. The molecule has 0 spiro atoms. The fourth-order valence-electron chi connectivity index (χ4n) is 3.19. The molecule has 1 aliphatic heterocycles. The van der Waals surface area contributed by atoms with Crippen LogP contribution in [-0.4, -0.2) is 56.6 Å². The van der Waals surface area contributed by atoms with Crippen LogP contribution in [0.4, 0.5) is 4.79 Å². The molecule has 1 heterocycles. The van der Waals surface area contributed by atoms with Gasteiger partial charge in [-0.2, -0.15) is 0 Å². The summed E-state index contributed by atoms with van der Waals surface area (Å²) in [6.07, 6.45) is 2.60. The number of nitrogens with one attached hydrogen (secondary N) is 3. The van der Waals surface area contributed by atoms with E-state index in [9.17, 15) is 4.79 Å². The maximum Gasteiger partial charge on any atom is 0.407 e. The van der Waals surface area contributed by atoms with Crippen LogP contribution in [-0.2, 0) is 27.4 Å². The number of ether oxygens (including phenoxy) is 3. The number of hydrogen-bond donors (Lipinski definition) is 3. The first-order chi connectivity index (χ1) is 15.4. The predicted molar refractivity (Wildman–Crippen MR) is 142 cm³/mol. The van der Waals surface area contributed by atoms with E-state index in [-0.39, 0.29) is 24.0 Å². The fourth-order valence-corrected chi connectivity index (χ4v) is 3.19. The second-order valence-corrected chi connectivity index (χ2v) is 8.85. The summed E-state index contributed by atoms with van der Waals surface area (Å²) in [5, 5.41) is 9.33. The molecule has 8 nitrogen and oxygen atoms in total. The van der Waals surface area contributed by atoms with Crippen molar-refractivity contribution < 1.29 is 19.0 Å². The van der Waals surface area contributed by atoms with E-state index < -0.39 is 11.7 Å². The molecule has 0 saturated carbocycles. The lowest BCUT2D eigenvalue weighted by molar-refractivity contribution is -0.0390. The molecule has 1 aromatic rings. The van der Waals surface area contributed by atoms with E-state index in [2.05, 4.69) is 45.2 Å². The van der Waals surface area contributed by atoms with Gasteiger partial charge in [-0.3, -0.25) is 0 Å². The number of halogens is 1. The van der Waals surface area contributed by atoms with Crippen LogP contribution in [0.15, 0.2) is 29.3 Å². The van der Waals surface area contributed by atoms with Crippen molar-refractivity contribution in [2.24, 2.45) is 4.99 Å². The van der Waals surface area contributed by atoms with Crippen LogP contribution in [0.1, 0.15) is 58.1 Å². The minimum absolute atomic E-state index is 0. The summed E-state index contributed by atoms with van der Waals surface area (Å²) in [6, 6.07) is 8.37. The summed E-state index contributed by atoms with van der Waals surface area (Å²) in [4.78, 5) is 16.4. The first kappa shape index (κ1) is 29.4. The molecule has 1 aliphatic rings. The van der Waals surface area contributed by atoms with Gasteiger partial charge in [0.25, 0.3) is 0 Å². The number of guanidine groups is 1. The van der Waals surface area contributed by atoms with E-state index in [1.54, 1.807) is 0 Å². The number of hydrogen-bond acceptors (Lipinski definition) is 5. The van der Waals surface area contributed by atoms with Crippen molar-refractivity contribution in [3.8, 4) is 0 Å². The zero-order chi connectivity index (χ0) is 23.2. The van der Waals surface area contributed by atoms with Crippen LogP contribution in [0.3, 0.4) is 0 Å². The Labute approximate surface area is 215 Å². The summed E-state index contributed by atoms with van der Waals surface area (Å²) in [6.45, 7) is 12.4. The number of alkyl carbamates (subject to hydrolysis) is 1. The summed E-state index contributed by atoms with van der Waals surface area (Å²) < 4.78 is 16.6. The van der Waals surface area contributed by atoms with Crippen LogP contribution in [0, 0.1) is 0 Å². The summed E-state index contributed by atoms with van der Waals surface area (Å²) in [7, 11) is 0. The standard InChI is InChI=1S/C24H40N4O4.HI/c1-5-25-22(26-12-7-13-27-23(29)32-24(2,3)4)28-17-19-8-6-9-20(16-19)18-31-21-10-14-30-15-11-21;/h6,8-9,16,21H,5,7,10-15,17-18H2,1-4H3,(H,27,29)(H2,25,26,28);1H. The minimum atomic E-state index is -0.485. The Balaban J connectivity index is 0.00000544. The van der Waals surface area contributed by atoms with Gasteiger partial charge in [-0.05, 0) is 58.1 Å². The second-order valence-electron chi connectivity index (χ2n) is 8.85. The molecular weight excluding hydrogens is 535 g/mol. The van der Waals surface area contributed by atoms with Crippen molar-refractivity contribution in [3.05, 3.63) is 35.4 Å². The molecular formula is C24H41IN4O4. The Kier molecular flexibility index (Phi) is 14.4. The molecule has 0 aliphatic carbocycles. The number of carbonyl (C=O) groups excluding carboxylic acids is 1. The summed E-state index contributed by atoms with van der Waals surface area (Å²) >= 11 is 0. The molecule has 188 valence electrons. The van der Waals surface area contributed by atoms with Crippen molar-refractivity contribution >= 4 is 36.0 Å². The third-order valence-corrected chi connectivity index (χ3v) is 4.72. The number of benzene rings is 1. The predicted octanol–water partition coefficient (Wildman–Crippen LogP) is 3.97. The molecule has 0 aromatic heterocycles. The first-order valence-electron chi connectivity index (χ1n) is 11.6. The Bertz CT molecular complexity index is 719. The molecule has 2 rings (SSSR count). The normalized spacial score (nSPS) is 14.8. The SMILES string of the molecule is CCNC(=NCc1cccc(COC2CCOCC2)c1)NCCCNC(=O)OC(C)(C)C.I. The van der Waals surface area contributed by atoms with E-state index in [0.29, 0.717) is 32.3 Å². The average Bonchev–Trinajstić information content (AvgIpc) is 2.75. The lowest BCUT2D eigenvalue weighted by Gasteiger charge is -2.22. The molecule has 33 heavy (non-hydrogen) atoms. The second kappa shape index (κ2) is 16.1. The Hall–Kier alpha value is -1.59. The zero-order valence-electron chi connectivity index (χ0n) is 20.4. The van der Waals surface area contributed by atoms with Crippen molar-refractivity contribution in [1.29, 1.82) is 0 Å². The third kappa shape index (κ3) is 13.6. The van der Waals surface area contributed by atoms with Crippen LogP contribution < -0.4 is 16.0 Å². The lowest BCUT2D eigenvalue weighted by atomic mass is 10.1. The Morgan fingerprint density at radius 1 is 1.12 bits per heavy atom. The van der Waals surface area contributed by atoms with Gasteiger partial charge < -0.3 is 30.2 Å². The maximum atomic E-state index is 11.7. The quantitative estimate of drug-likeness (QED) is 0.169. The van der Waals surface area contributed by atoms with Crippen LogP contribution in [0.5, 0.6) is 0 Å². The summed E-state index contributed by atoms with van der Waals surface area (Å²) in [5.74, 6) is 0.758. The number of carbonyl (C=O) groups is 1. The van der Waals surface area contributed by atoms with Gasteiger partial charge in [-0.15, -0.1) is 24.0 Å². The highest BCUT2D eigenvalue weighted by atomic mass is 127. The minimum Gasteiger partial charge on any atom is -0.444 e. The van der Waals surface area contributed by atoms with Crippen molar-refractivity contribution in [2.75, 3.05) is 32.8 Å². The van der Waals surface area contributed by atoms with E-state index in [1.807, 2.05) is 27.7 Å². The Morgan fingerprint density at radius 2 is 1.82 bits per heavy atom. The van der Waals surface area contributed by atoms with E-state index in [4.69, 9.17) is 14.2 Å². The first-order valence-corrected chi connectivity index (χ1v) is 11.6. The van der Waals surface area contributed by atoms with Gasteiger partial charge in [0.15, 0.2) is 5.96 Å². The lowest BCUT2D eigenvalue weighted by Crippen LogP contribution is -2.39. The van der Waals surface area contributed by atoms with Crippen molar-refractivity contribution in [1.82, 2.24) is 16.0 Å². The summed E-state index contributed by atoms with van der Waals surface area (Å²) in [5.41, 5.74) is 1.82. The largest absolute Gasteiger partial charge is 0.444 e. The highest BCUT2D eigenvalue weighted by molar-refractivity contribution is 14.0. The van der Waals surface area contributed by atoms with Gasteiger partial charge in [-0.25, -0.2) is 9.79 Å². The molecule has 0 radical (unpaired) electrons. The van der Waals surface area contributed by atoms with E-state index in [0.717, 1.165) is 56.1 Å². The number of aliphatic imine (C=N–C) groups is 1. The number of rotatable bonds is 10. The number of nitrogens with zero attached hydrogens (tertiary/aromatic N) is 1. The third-order valence-electron chi connectivity index (χ3n) is 4.72. The molecule has 1 aromatic carbocycles. The van der Waals surface area contributed by atoms with Gasteiger partial charge in [0.1, 0.15) is 5.60 Å². The average molecular weight is 577 g/mol. The number of amides is 1. The van der Waals surface area contributed by atoms with Crippen LogP contribution in [0.2, 0.25) is 0 Å². The van der Waals surface area contributed by atoms with Crippen LogP contribution >= 0.6 is 24.0 Å². The molecule has 1 saturated heterocycles. The molecule has 0 unspecified atom stereocenters. The molecule has 1 fully saturated rings. The van der Waals surface area contributed by atoms with Gasteiger partial charge >= 0.3 is 6.09 Å². The van der Waals surface area contributed by atoms with Gasteiger partial charge in [-0.1, -0.05) is 24.3 Å². The van der Waals surface area contributed by atoms with Gasteiger partial charge in [0.2, 0.25) is 0 Å². The topological polar surface area (TPSA) is 93.2 Å². The van der Waals surface area contributed by atoms with E-state index >= 15 is 0 Å². The van der Waals surface area contributed by atoms with E-state index in [1.165, 1.54) is 0 Å². The van der Waals surface area contributed by atoms with Crippen molar-refractivity contribution in [2.45, 2.75) is 71.8 Å². The molecule has 3 N–H and O–H groups in total. The smallest absolute Gasteiger partial charge is 0.407 e. The highest BCUT2D eigenvalue weighted by Gasteiger charge is 2.15. The zero-order valence-corrected chi connectivity index (χ0v) is 22.8. The molecule has 9 heteroatoms. The highest BCUT2D eigenvalue weighted by Crippen LogP contribution is 2.14. The monoisotopic (exact) mass is 576 g/mol. The molecule has 1 amide bonds. The van der Waals surface area contributed by atoms with Gasteiger partial charge in [0, 0.05) is 32.8 Å². The maximum absolute atomic E-state index is 11.7. The van der Waals surface area contributed by atoms with Crippen molar-refractivity contribution in [3.63, 3.8) is 0 Å².